The highest BCUT2D eigenvalue weighted by atomic mass is 19.3. The van der Waals surface area contributed by atoms with E-state index in [0.29, 0.717) is 26.1 Å². The summed E-state index contributed by atoms with van der Waals surface area (Å²) in [6.07, 6.45) is 0.418. The average Bonchev–Trinajstić information content (AvgIpc) is 2.68. The Morgan fingerprint density at radius 2 is 2.33 bits per heavy atom. The maximum Gasteiger partial charge on any atom is 0.325 e. The van der Waals surface area contributed by atoms with E-state index < -0.39 is 12.0 Å². The van der Waals surface area contributed by atoms with E-state index in [9.17, 15) is 13.6 Å². The molecule has 0 amide bonds. The lowest BCUT2D eigenvalue weighted by atomic mass is 10.1. The SMILES string of the molecule is COC(=O)C1COCCN1CC1CCC(F)(F)C1. The van der Waals surface area contributed by atoms with Gasteiger partial charge in [-0.1, -0.05) is 0 Å². The lowest BCUT2D eigenvalue weighted by molar-refractivity contribution is -0.153. The average molecular weight is 263 g/mol. The third kappa shape index (κ3) is 3.17. The maximum atomic E-state index is 13.1. The Balaban J connectivity index is 1.92. The molecular formula is C12H19F2NO3. The molecule has 0 spiro atoms. The molecule has 0 bridgehead atoms. The van der Waals surface area contributed by atoms with Crippen molar-refractivity contribution in [3.8, 4) is 0 Å². The number of esters is 1. The highest BCUT2D eigenvalue weighted by Gasteiger charge is 2.41. The number of carbonyl (C=O) groups excluding carboxylic acids is 1. The molecule has 0 aromatic heterocycles. The fourth-order valence-corrected chi connectivity index (χ4v) is 2.74. The van der Waals surface area contributed by atoms with Crippen LogP contribution in [0.25, 0.3) is 0 Å². The Morgan fingerprint density at radius 1 is 1.56 bits per heavy atom. The van der Waals surface area contributed by atoms with E-state index in [-0.39, 0.29) is 31.3 Å². The van der Waals surface area contributed by atoms with Gasteiger partial charge in [-0.05, 0) is 12.3 Å². The zero-order chi connectivity index (χ0) is 13.2. The molecule has 0 radical (unpaired) electrons. The van der Waals surface area contributed by atoms with Crippen LogP contribution in [0.4, 0.5) is 8.78 Å². The van der Waals surface area contributed by atoms with Gasteiger partial charge >= 0.3 is 5.97 Å². The van der Waals surface area contributed by atoms with E-state index in [1.165, 1.54) is 7.11 Å². The van der Waals surface area contributed by atoms with Gasteiger partial charge in [-0.15, -0.1) is 0 Å². The Bertz CT molecular complexity index is 312. The fourth-order valence-electron chi connectivity index (χ4n) is 2.74. The van der Waals surface area contributed by atoms with Crippen molar-refractivity contribution in [1.29, 1.82) is 0 Å². The van der Waals surface area contributed by atoms with Gasteiger partial charge in [0.05, 0.1) is 20.3 Å². The third-order valence-electron chi connectivity index (χ3n) is 3.71. The Morgan fingerprint density at radius 3 is 2.94 bits per heavy atom. The number of methoxy groups -OCH3 is 1. The minimum absolute atomic E-state index is 0.0368. The summed E-state index contributed by atoms with van der Waals surface area (Å²) in [6.45, 7) is 1.95. The first-order valence-corrected chi connectivity index (χ1v) is 6.29. The number of hydrogen-bond donors (Lipinski definition) is 0. The summed E-state index contributed by atoms with van der Waals surface area (Å²) in [7, 11) is 1.33. The second-order valence-electron chi connectivity index (χ2n) is 5.07. The van der Waals surface area contributed by atoms with Crippen LogP contribution < -0.4 is 0 Å². The molecule has 2 fully saturated rings. The molecule has 4 nitrogen and oxygen atoms in total. The molecular weight excluding hydrogens is 244 g/mol. The highest BCUT2D eigenvalue weighted by molar-refractivity contribution is 5.75. The molecule has 1 saturated heterocycles. The minimum atomic E-state index is -2.53. The van der Waals surface area contributed by atoms with Crippen LogP contribution in [-0.2, 0) is 14.3 Å². The molecule has 0 N–H and O–H groups in total. The molecule has 2 aliphatic rings. The van der Waals surface area contributed by atoms with Gasteiger partial charge in [0.2, 0.25) is 5.92 Å². The van der Waals surface area contributed by atoms with Crippen molar-refractivity contribution in [1.82, 2.24) is 4.90 Å². The van der Waals surface area contributed by atoms with Crippen LogP contribution >= 0.6 is 0 Å². The first kappa shape index (κ1) is 13.7. The first-order valence-electron chi connectivity index (χ1n) is 6.29. The summed E-state index contributed by atoms with van der Waals surface area (Å²) in [5.74, 6) is -2.91. The molecule has 104 valence electrons. The summed E-state index contributed by atoms with van der Waals surface area (Å²) >= 11 is 0. The number of hydrogen-bond acceptors (Lipinski definition) is 4. The number of ether oxygens (including phenoxy) is 2. The van der Waals surface area contributed by atoms with Crippen molar-refractivity contribution in [2.45, 2.75) is 31.2 Å². The molecule has 1 aliphatic carbocycles. The molecule has 0 aromatic carbocycles. The molecule has 18 heavy (non-hydrogen) atoms. The summed E-state index contributed by atoms with van der Waals surface area (Å²) in [5.41, 5.74) is 0. The minimum Gasteiger partial charge on any atom is -0.468 e. The number of carbonyl (C=O) groups is 1. The van der Waals surface area contributed by atoms with Crippen LogP contribution in [0.1, 0.15) is 19.3 Å². The lowest BCUT2D eigenvalue weighted by Crippen LogP contribution is -2.51. The van der Waals surface area contributed by atoms with Crippen molar-refractivity contribution in [2.75, 3.05) is 33.4 Å². The van der Waals surface area contributed by atoms with Gasteiger partial charge in [-0.2, -0.15) is 0 Å². The van der Waals surface area contributed by atoms with Crippen molar-refractivity contribution in [3.63, 3.8) is 0 Å². The van der Waals surface area contributed by atoms with E-state index in [0.717, 1.165) is 0 Å². The topological polar surface area (TPSA) is 38.8 Å². The van der Waals surface area contributed by atoms with Gasteiger partial charge in [-0.3, -0.25) is 9.69 Å². The van der Waals surface area contributed by atoms with E-state index >= 15 is 0 Å². The van der Waals surface area contributed by atoms with E-state index in [2.05, 4.69) is 0 Å². The molecule has 1 aliphatic heterocycles. The summed E-state index contributed by atoms with van der Waals surface area (Å²) in [4.78, 5) is 13.5. The number of halogens is 2. The molecule has 1 heterocycles. The van der Waals surface area contributed by atoms with E-state index in [1.54, 1.807) is 0 Å². The van der Waals surface area contributed by atoms with E-state index in [1.807, 2.05) is 4.90 Å². The lowest BCUT2D eigenvalue weighted by Gasteiger charge is -2.35. The van der Waals surface area contributed by atoms with Crippen LogP contribution in [0.2, 0.25) is 0 Å². The van der Waals surface area contributed by atoms with Crippen molar-refractivity contribution in [2.24, 2.45) is 5.92 Å². The predicted octanol–water partition coefficient (Wildman–Crippen LogP) is 1.30. The standard InChI is InChI=1S/C12H19F2NO3/c1-17-11(16)10-8-18-5-4-15(10)7-9-2-3-12(13,14)6-9/h9-10H,2-8H2,1H3. The summed E-state index contributed by atoms with van der Waals surface area (Å²) < 4.78 is 36.2. The van der Waals surface area contributed by atoms with Gasteiger partial charge in [0.25, 0.3) is 0 Å². The number of alkyl halides is 2. The molecule has 1 saturated carbocycles. The van der Waals surface area contributed by atoms with Crippen molar-refractivity contribution >= 4 is 5.97 Å². The van der Waals surface area contributed by atoms with Gasteiger partial charge in [0, 0.05) is 25.9 Å². The van der Waals surface area contributed by atoms with Crippen LogP contribution in [-0.4, -0.2) is 56.2 Å². The number of nitrogens with zero attached hydrogens (tertiary/aromatic N) is 1. The summed E-state index contributed by atoms with van der Waals surface area (Å²) in [5, 5.41) is 0. The Labute approximate surface area is 105 Å². The quantitative estimate of drug-likeness (QED) is 0.719. The monoisotopic (exact) mass is 263 g/mol. The molecule has 2 unspecified atom stereocenters. The van der Waals surface area contributed by atoms with Gasteiger partial charge in [0.15, 0.2) is 0 Å². The fraction of sp³-hybridized carbons (Fsp3) is 0.917. The second kappa shape index (κ2) is 5.48. The Hall–Kier alpha value is -0.750. The number of rotatable bonds is 3. The van der Waals surface area contributed by atoms with Crippen molar-refractivity contribution < 1.29 is 23.0 Å². The zero-order valence-electron chi connectivity index (χ0n) is 10.5. The molecule has 2 atom stereocenters. The largest absolute Gasteiger partial charge is 0.468 e. The number of morpholine rings is 1. The van der Waals surface area contributed by atoms with Gasteiger partial charge in [0.1, 0.15) is 6.04 Å². The summed E-state index contributed by atoms with van der Waals surface area (Å²) in [6, 6.07) is -0.446. The maximum absolute atomic E-state index is 13.1. The first-order chi connectivity index (χ1) is 8.52. The van der Waals surface area contributed by atoms with Crippen LogP contribution in [0.3, 0.4) is 0 Å². The Kier molecular flexibility index (Phi) is 4.17. The predicted molar refractivity (Wildman–Crippen MR) is 60.5 cm³/mol. The zero-order valence-corrected chi connectivity index (χ0v) is 10.5. The normalized spacial score (nSPS) is 32.4. The highest BCUT2D eigenvalue weighted by Crippen LogP contribution is 2.39. The van der Waals surface area contributed by atoms with Gasteiger partial charge in [-0.25, -0.2) is 8.78 Å². The van der Waals surface area contributed by atoms with Crippen molar-refractivity contribution in [3.05, 3.63) is 0 Å². The molecule has 0 aromatic rings. The molecule has 6 heteroatoms. The second-order valence-corrected chi connectivity index (χ2v) is 5.07. The van der Waals surface area contributed by atoms with Crippen LogP contribution in [0.15, 0.2) is 0 Å². The van der Waals surface area contributed by atoms with Gasteiger partial charge < -0.3 is 9.47 Å². The van der Waals surface area contributed by atoms with E-state index in [4.69, 9.17) is 9.47 Å². The third-order valence-corrected chi connectivity index (χ3v) is 3.71. The molecule has 2 rings (SSSR count). The smallest absolute Gasteiger partial charge is 0.325 e. The van der Waals surface area contributed by atoms with Crippen LogP contribution in [0, 0.1) is 5.92 Å². The van der Waals surface area contributed by atoms with Crippen LogP contribution in [0.5, 0.6) is 0 Å².